The van der Waals surface area contributed by atoms with Crippen molar-refractivity contribution in [2.75, 3.05) is 11.5 Å². The molecule has 1 aliphatic carbocycles. The Balaban J connectivity index is 1.73. The third-order valence-corrected chi connectivity index (χ3v) is 8.81. The summed E-state index contributed by atoms with van der Waals surface area (Å²) in [5, 5.41) is 0. The molecule has 2 fully saturated rings. The molecule has 0 bridgehead atoms. The van der Waals surface area contributed by atoms with E-state index in [1.54, 1.807) is 38.1 Å². The van der Waals surface area contributed by atoms with Crippen molar-refractivity contribution in [1.29, 1.82) is 0 Å². The van der Waals surface area contributed by atoms with Crippen LogP contribution in [0.1, 0.15) is 48.4 Å². The first kappa shape index (κ1) is 23.4. The zero-order valence-electron chi connectivity index (χ0n) is 19.7. The Morgan fingerprint density at radius 2 is 1.58 bits per heavy atom. The first-order chi connectivity index (χ1) is 15.6. The van der Waals surface area contributed by atoms with E-state index < -0.39 is 27.9 Å². The predicted octanol–water partition coefficient (Wildman–Crippen LogP) is 3.80. The van der Waals surface area contributed by atoms with Crippen molar-refractivity contribution in [3.63, 3.8) is 0 Å². The maximum atomic E-state index is 14.0. The first-order valence-corrected chi connectivity index (χ1v) is 12.7. The topological polar surface area (TPSA) is 84.0 Å². The fourth-order valence-electron chi connectivity index (χ4n) is 4.56. The molecule has 0 N–H and O–H groups in total. The second-order valence-corrected chi connectivity index (χ2v) is 10.6. The quantitative estimate of drug-likeness (QED) is 0.575. The van der Waals surface area contributed by atoms with Crippen LogP contribution in [0.2, 0.25) is 0 Å². The Kier molecular flexibility index (Phi) is 6.09. The Morgan fingerprint density at radius 3 is 2.09 bits per heavy atom. The van der Waals surface area contributed by atoms with Gasteiger partial charge in [-0.25, -0.2) is 13.3 Å². The van der Waals surface area contributed by atoms with E-state index in [0.717, 1.165) is 16.0 Å². The van der Waals surface area contributed by atoms with Gasteiger partial charge in [0.1, 0.15) is 11.8 Å². The van der Waals surface area contributed by atoms with Crippen molar-refractivity contribution < 1.29 is 22.7 Å². The van der Waals surface area contributed by atoms with Crippen LogP contribution in [0.4, 0.5) is 5.69 Å². The molecule has 33 heavy (non-hydrogen) atoms. The molecule has 4 rings (SSSR count). The van der Waals surface area contributed by atoms with Gasteiger partial charge in [0, 0.05) is 6.04 Å². The minimum Gasteiger partial charge on any atom is -0.494 e. The van der Waals surface area contributed by atoms with Crippen LogP contribution in [0, 0.1) is 27.7 Å². The lowest BCUT2D eigenvalue weighted by atomic mass is 10.0. The molecule has 0 spiro atoms. The van der Waals surface area contributed by atoms with Gasteiger partial charge in [0.15, 0.2) is 0 Å². The third kappa shape index (κ3) is 4.06. The zero-order chi connectivity index (χ0) is 24.1. The van der Waals surface area contributed by atoms with Crippen LogP contribution in [0.5, 0.6) is 5.75 Å². The van der Waals surface area contributed by atoms with Crippen LogP contribution in [0.25, 0.3) is 0 Å². The fourth-order valence-corrected chi connectivity index (χ4v) is 6.97. The largest absolute Gasteiger partial charge is 0.494 e. The van der Waals surface area contributed by atoms with E-state index in [2.05, 4.69) is 0 Å². The smallest absolute Gasteiger partial charge is 0.252 e. The molecule has 176 valence electrons. The molecule has 1 unspecified atom stereocenters. The van der Waals surface area contributed by atoms with Crippen molar-refractivity contribution in [2.24, 2.45) is 0 Å². The maximum absolute atomic E-state index is 14.0. The number of rotatable bonds is 7. The molecule has 1 heterocycles. The van der Waals surface area contributed by atoms with Crippen LogP contribution in [-0.2, 0) is 19.6 Å². The number of sulfonamides is 1. The highest BCUT2D eigenvalue weighted by atomic mass is 32.2. The van der Waals surface area contributed by atoms with Gasteiger partial charge in [-0.1, -0.05) is 6.07 Å². The number of anilines is 1. The van der Waals surface area contributed by atoms with Crippen molar-refractivity contribution >= 4 is 27.5 Å². The van der Waals surface area contributed by atoms with Crippen LogP contribution >= 0.6 is 0 Å². The number of benzene rings is 2. The summed E-state index contributed by atoms with van der Waals surface area (Å²) in [6.45, 7) is 9.76. The first-order valence-electron chi connectivity index (χ1n) is 11.3. The summed E-state index contributed by atoms with van der Waals surface area (Å²) < 4.78 is 34.7. The molecule has 1 atom stereocenters. The summed E-state index contributed by atoms with van der Waals surface area (Å²) >= 11 is 0. The molecule has 2 aliphatic rings. The van der Waals surface area contributed by atoms with Crippen LogP contribution in [0.15, 0.2) is 35.2 Å². The van der Waals surface area contributed by atoms with E-state index in [-0.39, 0.29) is 17.4 Å². The number of carbonyl (C=O) groups excluding carboxylic acids is 2. The number of carbonyl (C=O) groups is 2. The lowest BCUT2D eigenvalue weighted by Crippen LogP contribution is -2.47. The minimum atomic E-state index is -3.99. The number of hydrogen-bond donors (Lipinski definition) is 0. The van der Waals surface area contributed by atoms with E-state index in [1.807, 2.05) is 26.8 Å². The molecule has 1 aliphatic heterocycles. The monoisotopic (exact) mass is 470 g/mol. The van der Waals surface area contributed by atoms with E-state index in [9.17, 15) is 18.0 Å². The third-order valence-electron chi connectivity index (χ3n) is 6.58. The van der Waals surface area contributed by atoms with Gasteiger partial charge in [0.25, 0.3) is 5.91 Å². The lowest BCUT2D eigenvalue weighted by Gasteiger charge is -2.29. The van der Waals surface area contributed by atoms with E-state index in [1.165, 1.54) is 4.31 Å². The molecule has 2 aromatic carbocycles. The predicted molar refractivity (Wildman–Crippen MR) is 126 cm³/mol. The van der Waals surface area contributed by atoms with Gasteiger partial charge in [-0.2, -0.15) is 4.31 Å². The van der Waals surface area contributed by atoms with Gasteiger partial charge in [-0.05, 0) is 94.0 Å². The molecular weight excluding hydrogens is 440 g/mol. The minimum absolute atomic E-state index is 0.162. The molecule has 1 saturated heterocycles. The van der Waals surface area contributed by atoms with Crippen molar-refractivity contribution in [2.45, 2.75) is 70.9 Å². The number of amides is 2. The van der Waals surface area contributed by atoms with E-state index in [4.69, 9.17) is 4.74 Å². The Hall–Kier alpha value is -2.71. The highest BCUT2D eigenvalue weighted by molar-refractivity contribution is 7.89. The number of imide groups is 1. The molecule has 8 heteroatoms. The molecule has 2 aromatic rings. The molecular formula is C25H30N2O5S. The second kappa shape index (κ2) is 8.57. The van der Waals surface area contributed by atoms with Crippen molar-refractivity contribution in [1.82, 2.24) is 4.31 Å². The number of aryl methyl sites for hydroxylation is 2. The normalized spacial score (nSPS) is 19.0. The molecule has 7 nitrogen and oxygen atoms in total. The summed E-state index contributed by atoms with van der Waals surface area (Å²) in [7, 11) is -3.99. The Labute approximate surface area is 195 Å². The number of ether oxygens (including phenoxy) is 1. The standard InChI is InChI=1S/C25H30N2O5S/c1-6-32-21-11-9-19(10-12-21)26-23(28)14-22(25(26)29)27(20-7-8-20)33(30,31)24-17(4)15(2)13-16(3)18(24)5/h9-13,20,22H,6-8,14H2,1-5H3. The maximum Gasteiger partial charge on any atom is 0.252 e. The Morgan fingerprint density at radius 1 is 1.00 bits per heavy atom. The number of hydrogen-bond acceptors (Lipinski definition) is 5. The van der Waals surface area contributed by atoms with E-state index in [0.29, 0.717) is 42.0 Å². The molecule has 1 saturated carbocycles. The van der Waals surface area contributed by atoms with Crippen LogP contribution in [0.3, 0.4) is 0 Å². The molecule has 0 radical (unpaired) electrons. The van der Waals surface area contributed by atoms with Gasteiger partial charge >= 0.3 is 0 Å². The highest BCUT2D eigenvalue weighted by Crippen LogP contribution is 2.40. The molecule has 0 aromatic heterocycles. The van der Waals surface area contributed by atoms with Crippen LogP contribution < -0.4 is 9.64 Å². The SMILES string of the molecule is CCOc1ccc(N2C(=O)CC(N(C3CC3)S(=O)(=O)c3c(C)c(C)cc(C)c3C)C2=O)cc1. The fraction of sp³-hybridized carbons (Fsp3) is 0.440. The average Bonchev–Trinajstić information content (AvgIpc) is 3.53. The van der Waals surface area contributed by atoms with Gasteiger partial charge < -0.3 is 4.74 Å². The average molecular weight is 471 g/mol. The number of nitrogens with zero attached hydrogens (tertiary/aromatic N) is 2. The summed E-state index contributed by atoms with van der Waals surface area (Å²) in [6.07, 6.45) is 1.21. The van der Waals surface area contributed by atoms with Gasteiger partial charge in [-0.3, -0.25) is 9.59 Å². The summed E-state index contributed by atoms with van der Waals surface area (Å²) in [4.78, 5) is 27.7. The summed E-state index contributed by atoms with van der Waals surface area (Å²) in [5.41, 5.74) is 3.56. The lowest BCUT2D eigenvalue weighted by molar-refractivity contribution is -0.122. The van der Waals surface area contributed by atoms with Gasteiger partial charge in [0.2, 0.25) is 15.9 Å². The molecule has 2 amide bonds. The van der Waals surface area contributed by atoms with Crippen LogP contribution in [-0.4, -0.2) is 43.2 Å². The van der Waals surface area contributed by atoms with Crippen molar-refractivity contribution in [3.8, 4) is 5.75 Å². The van der Waals surface area contributed by atoms with Gasteiger partial charge in [0.05, 0.1) is 23.6 Å². The summed E-state index contributed by atoms with van der Waals surface area (Å²) in [5.74, 6) is -0.261. The van der Waals surface area contributed by atoms with Crippen molar-refractivity contribution in [3.05, 3.63) is 52.6 Å². The van der Waals surface area contributed by atoms with Gasteiger partial charge in [-0.15, -0.1) is 0 Å². The highest BCUT2D eigenvalue weighted by Gasteiger charge is 2.52. The second-order valence-electron chi connectivity index (χ2n) is 8.87. The zero-order valence-corrected chi connectivity index (χ0v) is 20.5. The van der Waals surface area contributed by atoms with E-state index >= 15 is 0 Å². The Bertz CT molecular complexity index is 1190. The summed E-state index contributed by atoms with van der Waals surface area (Å²) in [6, 6.07) is 7.37.